The number of aliphatic carboxylic acids is 3. The molecule has 22 N–H and O–H groups in total. The molecular formula is C41H76N3Na7O41S4. The zero-order chi connectivity index (χ0) is 63.9. The summed E-state index contributed by atoms with van der Waals surface area (Å²) in [5.74, 6) is -6.21. The Morgan fingerprint density at radius 2 is 0.729 bits per heavy atom. The molecule has 0 radical (unpaired) electrons. The maximum Gasteiger partial charge on any atom is 1.00 e. The monoisotopic (exact) mass is 1560 g/mol. The molecule has 0 spiro atoms. The molecule has 0 aliphatic carbocycles. The van der Waals surface area contributed by atoms with Crippen LogP contribution in [0, 0.1) is 0 Å². The second-order valence-electron chi connectivity index (χ2n) is 17.0. The molecule has 3 fully saturated rings. The van der Waals surface area contributed by atoms with E-state index in [0.29, 0.717) is 0 Å². The van der Waals surface area contributed by atoms with E-state index in [9.17, 15) is 109 Å². The van der Waals surface area contributed by atoms with Gasteiger partial charge in [0.25, 0.3) is 0 Å². The Morgan fingerprint density at radius 3 is 0.927 bits per heavy atom. The molecule has 0 aromatic heterocycles. The second-order valence-corrected chi connectivity index (χ2v) is 20.5. The summed E-state index contributed by atoms with van der Waals surface area (Å²) >= 11 is -5.29. The van der Waals surface area contributed by atoms with Gasteiger partial charge in [-0.3, -0.25) is 21.6 Å². The zero-order valence-electron chi connectivity index (χ0n) is 50.6. The molecule has 14 unspecified atom stereocenters. The fourth-order valence-electron chi connectivity index (χ4n) is 6.52. The van der Waals surface area contributed by atoms with E-state index >= 15 is 0 Å². The van der Waals surface area contributed by atoms with Gasteiger partial charge in [0.1, 0.15) is 97.7 Å². The van der Waals surface area contributed by atoms with Gasteiger partial charge in [0.05, 0.1) is 68.5 Å². The quantitative estimate of drug-likeness (QED) is 0.0313. The molecule has 6 rings (SSSR count). The largest absolute Gasteiger partial charge is 1.00 e. The maximum atomic E-state index is 10.8. The molecule has 3 saturated heterocycles. The van der Waals surface area contributed by atoms with Crippen molar-refractivity contribution in [2.45, 2.75) is 159 Å². The van der Waals surface area contributed by atoms with E-state index in [-0.39, 0.29) is 291 Å². The van der Waals surface area contributed by atoms with Crippen LogP contribution in [0.25, 0.3) is 0 Å². The van der Waals surface area contributed by atoms with Crippen LogP contribution in [0.5, 0.6) is 0 Å². The van der Waals surface area contributed by atoms with E-state index in [4.69, 9.17) is 50.0 Å². The van der Waals surface area contributed by atoms with E-state index in [0.717, 1.165) is 18.2 Å². The normalized spacial score (nSPS) is 29.3. The number of hydrogen-bond acceptors (Lipinski definition) is 38. The van der Waals surface area contributed by atoms with Crippen LogP contribution >= 0.6 is 0 Å². The Bertz CT molecular complexity index is 2260. The summed E-state index contributed by atoms with van der Waals surface area (Å²) in [6.07, 6.45) is -15.1. The van der Waals surface area contributed by atoms with Crippen LogP contribution in [-0.2, 0) is 99.3 Å². The molecule has 1 amide bonds. The maximum absolute atomic E-state index is 10.8. The van der Waals surface area contributed by atoms with Crippen LogP contribution < -0.4 is 237 Å². The Morgan fingerprint density at radius 1 is 0.490 bits per heavy atom. The van der Waals surface area contributed by atoms with Crippen molar-refractivity contribution in [3.8, 4) is 0 Å². The summed E-state index contributed by atoms with van der Waals surface area (Å²) < 4.78 is 142. The standard InChI is InChI=1S/C8H15NO8S.C6H13NO9S2.C6H13NO6S.3C6H8O5.3CH4.7Na.3H2O/c1-4(10)9-7-6(11)2-5(17-8(7)12)3-16-18(13,14)15;8-4-1-3(2-15-18(12,13)14)16-6(9)5(4)7-17(10)11;8-2-3-1-4(9)5(6(10)13-3)7-14(11)12;3*7-3-1-5(6(9)10)11-2-4(3)8;;;;;;;;;;;;;/h5-8,11-12H,2-3H2,1H3,(H,9,10)(H,13,14,15);3-9H,1-2H2,(H,10,11)(H,12,13,14);3-10H,1-2H2,(H,11,12);3*1,3-4,7-8H,2H2,(H,9,10);3*1H4;;;;;;;;3*1H2/q;;;;;;;;;7*+1;;;/p-7/t5?,6-,7?,8?;2*3?,4-,5?,6?;3*3-,4?;;;;;;;;;;;;;/m111110............./s1. The third-order valence-corrected chi connectivity index (χ3v) is 12.3. The molecule has 6 aliphatic heterocycles. The van der Waals surface area contributed by atoms with Gasteiger partial charge >= 0.3 is 207 Å². The van der Waals surface area contributed by atoms with E-state index in [1.54, 1.807) is 0 Å². The van der Waals surface area contributed by atoms with Gasteiger partial charge in [0.15, 0.2) is 18.9 Å². The number of aliphatic hydroxyl groups excluding tert-OH is 13. The minimum atomic E-state index is -4.90. The van der Waals surface area contributed by atoms with E-state index in [2.05, 4.69) is 27.9 Å². The minimum absolute atomic E-state index is 0. The van der Waals surface area contributed by atoms with Crippen molar-refractivity contribution in [3.63, 3.8) is 0 Å². The molecule has 55 heteroatoms. The van der Waals surface area contributed by atoms with Gasteiger partial charge in [0, 0.05) is 48.7 Å². The number of ether oxygens (including phenoxy) is 6. The molecule has 0 aromatic rings. The summed E-state index contributed by atoms with van der Waals surface area (Å²) in [5, 5.41) is 151. The molecule has 6 heterocycles. The molecule has 6 aliphatic rings. The SMILES string of the molecule is C.C.C.CC(=O)NC1C(O)OC(COS(=O)(=O)[O-])C[C@H]1O.O.O.O.O=C([O-])C1=C[C@@H](O)C(O)CO1.O=C([O-])C1=C[C@@H](O)C(O)CO1.O=C([O-])C1=C[C@H](O)C(O)CO1.O=S([O-])NC1C(O)OC(CO)C[C@H]1O.O=S([O-])NC1C(O)OC(COS(=O)(=O)[O-])C[C@H]1O.[Na+].[Na+].[Na+].[Na+].[Na+].[Na+].[Na+]. The number of carboxylic acid groups (broad SMARTS) is 3. The summed E-state index contributed by atoms with van der Waals surface area (Å²) in [6.45, 7) is -1.07. The molecular weight excluding hydrogens is 1480 g/mol. The Labute approximate surface area is 710 Å². The topological polar surface area (TPSA) is 800 Å². The van der Waals surface area contributed by atoms with Crippen molar-refractivity contribution in [3.05, 3.63) is 35.5 Å². The fourth-order valence-corrected chi connectivity index (χ4v) is 8.15. The van der Waals surface area contributed by atoms with E-state index in [1.165, 1.54) is 6.92 Å². The molecule has 0 saturated carbocycles. The van der Waals surface area contributed by atoms with Crippen molar-refractivity contribution in [1.29, 1.82) is 0 Å². The average Bonchev–Trinajstić information content (AvgIpc) is 3.36. The number of carbonyl (C=O) groups excluding carboxylic acids is 4. The smallest absolute Gasteiger partial charge is 0.760 e. The predicted molar refractivity (Wildman–Crippen MR) is 276 cm³/mol. The Balaban J connectivity index is -0.0000000770. The van der Waals surface area contributed by atoms with E-state index < -0.39 is 208 Å². The van der Waals surface area contributed by atoms with Crippen molar-refractivity contribution in [2.75, 3.05) is 39.6 Å². The summed E-state index contributed by atoms with van der Waals surface area (Å²) in [5.41, 5.74) is 0. The molecule has 0 aromatic carbocycles. The number of carbonyl (C=O) groups is 4. The van der Waals surface area contributed by atoms with Gasteiger partial charge in [-0.25, -0.2) is 26.3 Å². The van der Waals surface area contributed by atoms with Crippen molar-refractivity contribution in [2.24, 2.45) is 0 Å². The van der Waals surface area contributed by atoms with Crippen LogP contribution in [0.1, 0.15) is 48.5 Å². The molecule has 532 valence electrons. The second kappa shape index (κ2) is 64.8. The summed E-state index contributed by atoms with van der Waals surface area (Å²) in [7, 11) is -9.75. The number of carboxylic acids is 3. The Kier molecular flexibility index (Phi) is 86.5. The first-order valence-electron chi connectivity index (χ1n) is 22.9. The predicted octanol–water partition coefficient (Wildman–Crippen LogP) is -38.1. The van der Waals surface area contributed by atoms with Crippen LogP contribution in [0.2, 0.25) is 0 Å². The third-order valence-electron chi connectivity index (χ3n) is 10.5. The first-order chi connectivity index (χ1) is 38.2. The van der Waals surface area contributed by atoms with Crippen molar-refractivity contribution < 1.29 is 404 Å². The van der Waals surface area contributed by atoms with Crippen molar-refractivity contribution >= 4 is 67.1 Å². The molecule has 0 bridgehead atoms. The molecule has 44 nitrogen and oxygen atoms in total. The average molecular weight is 1560 g/mol. The van der Waals surface area contributed by atoms with Crippen LogP contribution in [0.15, 0.2) is 35.5 Å². The Hall–Kier alpha value is 2.62. The number of aliphatic hydroxyl groups is 13. The van der Waals surface area contributed by atoms with Gasteiger partial charge in [-0.05, 0) is 18.2 Å². The summed E-state index contributed by atoms with van der Waals surface area (Å²) in [4.78, 5) is 41.1. The van der Waals surface area contributed by atoms with Crippen LogP contribution in [0.4, 0.5) is 0 Å². The number of nitrogens with one attached hydrogen (secondary N) is 3. The van der Waals surface area contributed by atoms with Crippen LogP contribution in [0.3, 0.4) is 0 Å². The number of hydrogen-bond donors (Lipinski definition) is 16. The summed E-state index contributed by atoms with van der Waals surface area (Å²) in [6, 6.07) is -3.37. The first kappa shape index (κ1) is 128. The fraction of sp³-hybridized carbons (Fsp3) is 0.756. The van der Waals surface area contributed by atoms with Crippen LogP contribution in [-0.4, -0.2) is 300 Å². The van der Waals surface area contributed by atoms with Gasteiger partial charge in [-0.15, -0.1) is 0 Å². The first-order valence-corrected chi connectivity index (χ1v) is 27.7. The molecule has 96 heavy (non-hydrogen) atoms. The van der Waals surface area contributed by atoms with Gasteiger partial charge in [-0.1, -0.05) is 22.3 Å². The number of rotatable bonds is 15. The van der Waals surface area contributed by atoms with Crippen molar-refractivity contribution in [1.82, 2.24) is 14.8 Å². The molecule has 20 atom stereocenters. The zero-order valence-corrected chi connectivity index (χ0v) is 67.9. The van der Waals surface area contributed by atoms with Gasteiger partial charge in [-0.2, -0.15) is 0 Å². The van der Waals surface area contributed by atoms with Gasteiger partial charge < -0.3 is 164 Å². The van der Waals surface area contributed by atoms with E-state index in [1.807, 2.05) is 9.44 Å². The minimum Gasteiger partial charge on any atom is -0.760 e. The third kappa shape index (κ3) is 54.2. The van der Waals surface area contributed by atoms with Gasteiger partial charge in [0.2, 0.25) is 26.7 Å². The number of amides is 1.